The first-order valence-electron chi connectivity index (χ1n) is 9.30. The van der Waals surface area contributed by atoms with Crippen molar-refractivity contribution in [3.8, 4) is 34.5 Å². The summed E-state index contributed by atoms with van der Waals surface area (Å²) in [6.07, 6.45) is 0.135. The maximum absolute atomic E-state index is 12.7. The standard InChI is InChI=1S/C22H22O10/c1-28-13-6-10(7-14(29-2)18(13)23)5-12-17(21(25)26)20(32-22(12)27)11-8-15(30-3)19(24)16(9-11)31-4/h5-9,17,20,23-24H,1-4H3,(H,25,26)/b12-5-/t17-,20+/m1/s1. The normalized spacial score (nSPS) is 18.9. The van der Waals surface area contributed by atoms with E-state index in [4.69, 9.17) is 23.7 Å². The van der Waals surface area contributed by atoms with Crippen molar-refractivity contribution >= 4 is 18.0 Å². The highest BCUT2D eigenvalue weighted by atomic mass is 16.6. The van der Waals surface area contributed by atoms with Crippen LogP contribution in [0.15, 0.2) is 29.8 Å². The average molecular weight is 446 g/mol. The molecule has 10 nitrogen and oxygen atoms in total. The zero-order valence-electron chi connectivity index (χ0n) is 17.7. The van der Waals surface area contributed by atoms with E-state index in [-0.39, 0.29) is 45.6 Å². The van der Waals surface area contributed by atoms with Gasteiger partial charge in [0, 0.05) is 5.56 Å². The highest BCUT2D eigenvalue weighted by Crippen LogP contribution is 2.46. The molecule has 0 unspecified atom stereocenters. The maximum Gasteiger partial charge on any atom is 0.335 e. The minimum absolute atomic E-state index is 0.0324. The third kappa shape index (κ3) is 3.94. The molecule has 0 radical (unpaired) electrons. The Kier molecular flexibility index (Phi) is 6.33. The molecule has 32 heavy (non-hydrogen) atoms. The molecule has 1 fully saturated rings. The van der Waals surface area contributed by atoms with E-state index < -0.39 is 24.0 Å². The molecule has 2 aromatic rings. The molecule has 0 spiro atoms. The quantitative estimate of drug-likeness (QED) is 0.429. The molecule has 3 rings (SSSR count). The Bertz CT molecular complexity index is 1040. The Balaban J connectivity index is 2.11. The number of aliphatic carboxylic acids is 1. The van der Waals surface area contributed by atoms with Crippen LogP contribution >= 0.6 is 0 Å². The van der Waals surface area contributed by atoms with Crippen LogP contribution in [-0.2, 0) is 14.3 Å². The summed E-state index contributed by atoms with van der Waals surface area (Å²) >= 11 is 0. The third-order valence-electron chi connectivity index (χ3n) is 5.03. The van der Waals surface area contributed by atoms with Crippen molar-refractivity contribution in [2.75, 3.05) is 28.4 Å². The third-order valence-corrected chi connectivity index (χ3v) is 5.03. The van der Waals surface area contributed by atoms with Gasteiger partial charge in [0.05, 0.1) is 34.0 Å². The van der Waals surface area contributed by atoms with Crippen LogP contribution in [0.3, 0.4) is 0 Å². The number of carboxylic acids is 1. The zero-order valence-corrected chi connectivity index (χ0v) is 17.7. The van der Waals surface area contributed by atoms with Crippen molar-refractivity contribution in [1.29, 1.82) is 0 Å². The zero-order chi connectivity index (χ0) is 23.6. The summed E-state index contributed by atoms with van der Waals surface area (Å²) in [5.74, 6) is -3.77. The first-order valence-corrected chi connectivity index (χ1v) is 9.30. The van der Waals surface area contributed by atoms with Crippen molar-refractivity contribution in [3.05, 3.63) is 41.0 Å². The number of phenolic OH excluding ortho intramolecular Hbond substituents is 2. The molecule has 1 saturated heterocycles. The number of carbonyl (C=O) groups excluding carboxylic acids is 1. The molecule has 0 bridgehead atoms. The molecule has 1 aliphatic heterocycles. The molecular formula is C22H22O10. The number of phenols is 2. The summed E-state index contributed by atoms with van der Waals surface area (Å²) in [6, 6.07) is 5.61. The van der Waals surface area contributed by atoms with Gasteiger partial charge in [0.25, 0.3) is 0 Å². The Hall–Kier alpha value is -4.08. The summed E-state index contributed by atoms with van der Waals surface area (Å²) in [4.78, 5) is 24.8. The van der Waals surface area contributed by atoms with Crippen LogP contribution in [0.4, 0.5) is 0 Å². The van der Waals surface area contributed by atoms with Gasteiger partial charge in [0.15, 0.2) is 23.0 Å². The SMILES string of the molecule is COc1cc(/C=C2\C(=O)O[C@@H](c3cc(OC)c(O)c(OC)c3)[C@@H]2C(=O)O)cc(OC)c1O. The van der Waals surface area contributed by atoms with E-state index in [2.05, 4.69) is 0 Å². The molecule has 2 aromatic carbocycles. The molecule has 1 aliphatic rings. The lowest BCUT2D eigenvalue weighted by Crippen LogP contribution is -2.19. The van der Waals surface area contributed by atoms with Crippen LogP contribution in [0.2, 0.25) is 0 Å². The van der Waals surface area contributed by atoms with Gasteiger partial charge in [0.1, 0.15) is 12.0 Å². The fraction of sp³-hybridized carbons (Fsp3) is 0.273. The molecule has 0 saturated carbocycles. The molecule has 170 valence electrons. The van der Waals surface area contributed by atoms with Crippen molar-refractivity contribution in [3.63, 3.8) is 0 Å². The highest BCUT2D eigenvalue weighted by molar-refractivity contribution is 6.02. The lowest BCUT2D eigenvalue weighted by Gasteiger charge is -2.17. The second kappa shape index (κ2) is 8.96. The molecule has 0 aromatic heterocycles. The highest BCUT2D eigenvalue weighted by Gasteiger charge is 2.46. The van der Waals surface area contributed by atoms with Crippen LogP contribution in [0, 0.1) is 5.92 Å². The fourth-order valence-electron chi connectivity index (χ4n) is 3.47. The second-order valence-corrected chi connectivity index (χ2v) is 6.79. The van der Waals surface area contributed by atoms with E-state index in [1.807, 2.05) is 0 Å². The lowest BCUT2D eigenvalue weighted by molar-refractivity contribution is -0.144. The van der Waals surface area contributed by atoms with Gasteiger partial charge in [0.2, 0.25) is 11.5 Å². The number of hydrogen-bond donors (Lipinski definition) is 3. The summed E-state index contributed by atoms with van der Waals surface area (Å²) < 4.78 is 25.8. The van der Waals surface area contributed by atoms with Crippen LogP contribution in [0.1, 0.15) is 17.2 Å². The van der Waals surface area contributed by atoms with Gasteiger partial charge in [-0.1, -0.05) is 0 Å². The number of cyclic esters (lactones) is 1. The van der Waals surface area contributed by atoms with Crippen molar-refractivity contribution in [2.24, 2.45) is 5.92 Å². The van der Waals surface area contributed by atoms with Crippen LogP contribution in [0.25, 0.3) is 6.08 Å². The van der Waals surface area contributed by atoms with Gasteiger partial charge in [-0.3, -0.25) is 4.79 Å². The van der Waals surface area contributed by atoms with Crippen LogP contribution in [-0.4, -0.2) is 55.7 Å². The summed E-state index contributed by atoms with van der Waals surface area (Å²) in [5.41, 5.74) is 0.501. The number of methoxy groups -OCH3 is 4. The van der Waals surface area contributed by atoms with Gasteiger partial charge >= 0.3 is 11.9 Å². The molecule has 2 atom stereocenters. The Morgan fingerprint density at radius 2 is 1.31 bits per heavy atom. The van der Waals surface area contributed by atoms with E-state index in [9.17, 15) is 24.9 Å². The molecule has 3 N–H and O–H groups in total. The number of ether oxygens (including phenoxy) is 5. The predicted molar refractivity (Wildman–Crippen MR) is 110 cm³/mol. The van der Waals surface area contributed by atoms with Gasteiger partial charge in [-0.25, -0.2) is 4.79 Å². The van der Waals surface area contributed by atoms with Crippen LogP contribution < -0.4 is 18.9 Å². The Morgan fingerprint density at radius 1 is 0.875 bits per heavy atom. The monoisotopic (exact) mass is 446 g/mol. The van der Waals surface area contributed by atoms with Crippen LogP contribution in [0.5, 0.6) is 34.5 Å². The largest absolute Gasteiger partial charge is 0.502 e. The van der Waals surface area contributed by atoms with Gasteiger partial charge in [-0.05, 0) is 35.9 Å². The first kappa shape index (κ1) is 22.6. The molecule has 0 amide bonds. The topological polar surface area (TPSA) is 141 Å². The number of benzene rings is 2. The minimum Gasteiger partial charge on any atom is -0.502 e. The molecule has 10 heteroatoms. The number of rotatable bonds is 7. The summed E-state index contributed by atoms with van der Waals surface area (Å²) in [5, 5.41) is 30.1. The van der Waals surface area contributed by atoms with Crippen molar-refractivity contribution in [2.45, 2.75) is 6.10 Å². The molecular weight excluding hydrogens is 424 g/mol. The number of aromatic hydroxyl groups is 2. The number of carboxylic acid groups (broad SMARTS) is 1. The number of carbonyl (C=O) groups is 2. The second-order valence-electron chi connectivity index (χ2n) is 6.79. The van der Waals surface area contributed by atoms with Crippen molar-refractivity contribution in [1.82, 2.24) is 0 Å². The molecule has 0 aliphatic carbocycles. The summed E-state index contributed by atoms with van der Waals surface area (Å²) in [7, 11) is 5.34. The molecule has 1 heterocycles. The Labute approximate surface area is 183 Å². The van der Waals surface area contributed by atoms with E-state index in [1.165, 1.54) is 58.8 Å². The van der Waals surface area contributed by atoms with Gasteiger partial charge < -0.3 is 39.0 Å². The fourth-order valence-corrected chi connectivity index (χ4v) is 3.47. The van der Waals surface area contributed by atoms with E-state index in [0.29, 0.717) is 5.56 Å². The smallest absolute Gasteiger partial charge is 0.335 e. The maximum atomic E-state index is 12.7. The summed E-state index contributed by atoms with van der Waals surface area (Å²) in [6.45, 7) is 0. The van der Waals surface area contributed by atoms with Gasteiger partial charge in [-0.2, -0.15) is 0 Å². The van der Waals surface area contributed by atoms with Gasteiger partial charge in [-0.15, -0.1) is 0 Å². The Morgan fingerprint density at radius 3 is 1.72 bits per heavy atom. The van der Waals surface area contributed by atoms with E-state index in [1.54, 1.807) is 0 Å². The van der Waals surface area contributed by atoms with E-state index in [0.717, 1.165) is 0 Å². The van der Waals surface area contributed by atoms with Crippen molar-refractivity contribution < 1.29 is 48.6 Å². The number of hydrogen-bond acceptors (Lipinski definition) is 9. The predicted octanol–water partition coefficient (Wildman–Crippen LogP) is 2.51. The van der Waals surface area contributed by atoms with E-state index >= 15 is 0 Å². The lowest BCUT2D eigenvalue weighted by atomic mass is 9.90. The first-order chi connectivity index (χ1) is 15.2. The average Bonchev–Trinajstić information content (AvgIpc) is 3.11. The number of esters is 1. The minimum atomic E-state index is -1.37.